The van der Waals surface area contributed by atoms with Crippen molar-refractivity contribution in [2.75, 3.05) is 33.0 Å². The van der Waals surface area contributed by atoms with Gasteiger partial charge < -0.3 is 56.8 Å². The smallest absolute Gasteiger partial charge is 0.306 e. The van der Waals surface area contributed by atoms with Gasteiger partial charge in [-0.05, 0) is 279 Å². The first kappa shape index (κ1) is 89.0. The van der Waals surface area contributed by atoms with Crippen molar-refractivity contribution in [3.8, 4) is 68.2 Å². The fraction of sp³-hybridized carbons (Fsp3) is 0.423. The number of hydrogen-bond acceptors (Lipinski definition) is 18. The molecule has 0 aromatic heterocycles. The molecule has 2 unspecified atom stereocenters. The Morgan fingerprint density at radius 1 is 0.426 bits per heavy atom. The second-order valence-corrected chi connectivity index (χ2v) is 42.7. The lowest BCUT2D eigenvalue weighted by atomic mass is 9.58. The van der Waals surface area contributed by atoms with Gasteiger partial charge in [0.1, 0.15) is 78.0 Å². The molecule has 672 valence electrons. The molecule has 2 atom stereocenters. The summed E-state index contributed by atoms with van der Waals surface area (Å²) in [5.74, 6) is 3.78. The lowest BCUT2D eigenvalue weighted by Crippen LogP contribution is -2.38. The second-order valence-electron chi connectivity index (χ2n) is 39.4. The quantitative estimate of drug-likeness (QED) is 0.0256. The summed E-state index contributed by atoms with van der Waals surface area (Å²) < 4.78 is 77.3. The number of rotatable bonds is 28. The predicted octanol–water partition coefficient (Wildman–Crippen LogP) is 26.7. The van der Waals surface area contributed by atoms with Crippen LogP contribution in [0.5, 0.6) is 46.0 Å². The zero-order valence-corrected chi connectivity index (χ0v) is 78.9. The number of carbonyl (C=O) groups is 4. The van der Waals surface area contributed by atoms with Crippen LogP contribution in [-0.2, 0) is 64.9 Å². The third-order valence-electron chi connectivity index (χ3n) is 28.6. The van der Waals surface area contributed by atoms with Gasteiger partial charge in [0.2, 0.25) is 0 Å². The van der Waals surface area contributed by atoms with Gasteiger partial charge in [-0.15, -0.1) is 0 Å². The molecule has 2 saturated carbocycles. The van der Waals surface area contributed by atoms with Crippen LogP contribution in [0.2, 0.25) is 0 Å². The van der Waals surface area contributed by atoms with Gasteiger partial charge in [-0.3, -0.25) is 19.2 Å². The highest BCUT2D eigenvalue weighted by atomic mass is 32.2. The van der Waals surface area contributed by atoms with Crippen LogP contribution in [0.4, 0.5) is 0 Å². The molecule has 2 fully saturated rings. The van der Waals surface area contributed by atoms with Crippen LogP contribution in [0, 0.1) is 10.8 Å². The van der Waals surface area contributed by atoms with Crippen LogP contribution in [0.25, 0.3) is 56.0 Å². The molecule has 0 radical (unpaired) electrons. The van der Waals surface area contributed by atoms with E-state index < -0.39 is 56.1 Å². The Hall–Kier alpha value is -10.7. The lowest BCUT2D eigenvalue weighted by Gasteiger charge is -2.47. The Morgan fingerprint density at radius 2 is 0.798 bits per heavy atom. The zero-order valence-electron chi connectivity index (χ0n) is 77.3. The lowest BCUT2D eigenvalue weighted by molar-refractivity contribution is -0.169. The molecule has 4 heterocycles. The molecule has 10 aromatic carbocycles. The molecule has 129 heavy (non-hydrogen) atoms. The van der Waals surface area contributed by atoms with Crippen molar-refractivity contribution < 1.29 is 76.0 Å². The van der Waals surface area contributed by atoms with E-state index in [1.807, 2.05) is 69.3 Å². The maximum atomic E-state index is 13.0. The molecule has 16 nitrogen and oxygen atoms in total. The Bertz CT molecular complexity index is 5800. The van der Waals surface area contributed by atoms with Crippen LogP contribution in [0.3, 0.4) is 0 Å². The second kappa shape index (κ2) is 34.2. The summed E-state index contributed by atoms with van der Waals surface area (Å²) in [6.45, 7) is 31.3. The molecule has 4 aliphatic carbocycles. The van der Waals surface area contributed by atoms with Crippen LogP contribution in [0.15, 0.2) is 192 Å². The van der Waals surface area contributed by atoms with E-state index >= 15 is 0 Å². The van der Waals surface area contributed by atoms with Crippen LogP contribution in [0.1, 0.15) is 262 Å². The van der Waals surface area contributed by atoms with E-state index in [0.29, 0.717) is 23.0 Å². The molecular formula is C111H120O16S2. The van der Waals surface area contributed by atoms with Gasteiger partial charge in [0.15, 0.2) is 21.1 Å². The van der Waals surface area contributed by atoms with Gasteiger partial charge in [-0.25, -0.2) is 0 Å². The van der Waals surface area contributed by atoms with Crippen molar-refractivity contribution in [3.63, 3.8) is 0 Å². The first-order valence-corrected chi connectivity index (χ1v) is 48.2. The normalized spacial score (nSPS) is 19.6. The molecule has 18 rings (SSSR count). The molecule has 0 saturated heterocycles. The van der Waals surface area contributed by atoms with Crippen LogP contribution in [-0.4, -0.2) is 84.1 Å². The minimum absolute atomic E-state index is 0.000640. The highest BCUT2D eigenvalue weighted by Gasteiger charge is 2.55. The third kappa shape index (κ3) is 16.7. The van der Waals surface area contributed by atoms with E-state index in [9.17, 15) is 19.2 Å². The summed E-state index contributed by atoms with van der Waals surface area (Å²) in [4.78, 5) is 52.0. The number of esters is 4. The number of fused-ring (bicyclic) bond motifs is 22. The minimum atomic E-state index is -1.21. The maximum absolute atomic E-state index is 13.0. The molecule has 0 amide bonds. The molecule has 18 heteroatoms. The molecule has 2 spiro atoms. The molecule has 4 aliphatic heterocycles. The third-order valence-corrected chi connectivity index (χ3v) is 30.9. The SMILES string of the molecule is CCC1(CC)CCC2(CC1)c1ccccc1-c1c2c2c(c3cc4c(cc13)OC(C)(C)S4)OC(c1ccc(OCCOC(=O)CCC(=O)OC(C)C)cc1)(c1ccc(Oc3ccc(C4(c5ccc(OCCOC(=O)CCC(=O)OC(C)(C)COC(C)(C)C)cc5)C=Cc5c6c(c7cc8c(cc7c5O4)SC(C)(C)O8)-c4ccccc4C64CCC(CC)(CC)CC4)cc3)cc1)C=C2. The summed E-state index contributed by atoms with van der Waals surface area (Å²) >= 11 is 3.45. The van der Waals surface area contributed by atoms with E-state index in [0.717, 1.165) is 165 Å². The van der Waals surface area contributed by atoms with E-state index in [-0.39, 0.29) is 86.5 Å². The minimum Gasteiger partial charge on any atom is -0.490 e. The van der Waals surface area contributed by atoms with Crippen molar-refractivity contribution in [1.82, 2.24) is 0 Å². The summed E-state index contributed by atoms with van der Waals surface area (Å²) in [5.41, 5.74) is 12.6. The molecule has 0 N–H and O–H groups in total. The Labute approximate surface area is 767 Å². The van der Waals surface area contributed by atoms with Crippen molar-refractivity contribution in [1.29, 1.82) is 0 Å². The number of carbonyl (C=O) groups excluding carboxylic acids is 4. The summed E-state index contributed by atoms with van der Waals surface area (Å²) in [6.07, 6.45) is 21.7. The first-order chi connectivity index (χ1) is 61.7. The van der Waals surface area contributed by atoms with Crippen molar-refractivity contribution >= 4 is 81.1 Å². The monoisotopic (exact) mass is 1770 g/mol. The highest BCUT2D eigenvalue weighted by molar-refractivity contribution is 8.01. The summed E-state index contributed by atoms with van der Waals surface area (Å²) in [7, 11) is 0. The van der Waals surface area contributed by atoms with Gasteiger partial charge in [-0.1, -0.05) is 186 Å². The molecule has 0 bridgehead atoms. The predicted molar refractivity (Wildman–Crippen MR) is 510 cm³/mol. The average Bonchev–Trinajstić information content (AvgIpc) is 1.52. The largest absolute Gasteiger partial charge is 0.490 e. The standard InChI is InChI=1S/C111H120O16S2/c1-16-106(17-2)52-56-108(57-53-106)86-26-22-20-24-78(86)96-82-64-88-90(128-104(12,13)123-88)66-84(82)100-80(98(96)108)48-50-110(126-100,70-28-36-74(37-29-70)116-60-62-118-92(112)44-46-94(114)121-69(5)6)72-32-40-76(41-33-72)122-77-42-34-73(35-43-77)111(71-30-38-75(39-31-71)117-61-63-119-93(113)45-47-95(115)125-103(10,11)68-120-102(7,8)9)51-49-81-99-97(83-65-89-91(129-105(14,15)124-89)67-85(83)101(81)127-111)79-25-21-23-27-87(79)109(99)58-54-107(18-3,19-4)55-59-109/h20-43,48-51,64-67,69H,16-19,44-47,52-63,68H2,1-15H3. The summed E-state index contributed by atoms with van der Waals surface area (Å²) in [6, 6.07) is 59.9. The van der Waals surface area contributed by atoms with Gasteiger partial charge in [0.25, 0.3) is 0 Å². The van der Waals surface area contributed by atoms with Gasteiger partial charge in [0.05, 0.1) is 53.8 Å². The van der Waals surface area contributed by atoms with Crippen molar-refractivity contribution in [2.24, 2.45) is 10.8 Å². The molecular weight excluding hydrogens is 1650 g/mol. The topological polar surface area (TPSA) is 179 Å². The maximum Gasteiger partial charge on any atom is 0.306 e. The van der Waals surface area contributed by atoms with E-state index in [1.54, 1.807) is 51.2 Å². The highest BCUT2D eigenvalue weighted by Crippen LogP contribution is 2.69. The number of thioether (sulfide) groups is 2. The van der Waals surface area contributed by atoms with E-state index in [2.05, 4.69) is 201 Å². The summed E-state index contributed by atoms with van der Waals surface area (Å²) in [5, 5.41) is 4.24. The van der Waals surface area contributed by atoms with Gasteiger partial charge in [0, 0.05) is 55.0 Å². The van der Waals surface area contributed by atoms with Crippen LogP contribution < -0.4 is 33.2 Å². The van der Waals surface area contributed by atoms with Crippen molar-refractivity contribution in [3.05, 3.63) is 238 Å². The fourth-order valence-electron chi connectivity index (χ4n) is 21.7. The molecule has 8 aliphatic rings. The van der Waals surface area contributed by atoms with Gasteiger partial charge in [-0.2, -0.15) is 0 Å². The average molecular weight is 1770 g/mol. The fourth-order valence-corrected chi connectivity index (χ4v) is 23.7. The van der Waals surface area contributed by atoms with Crippen LogP contribution >= 0.6 is 23.5 Å². The van der Waals surface area contributed by atoms with E-state index in [1.165, 1.54) is 44.5 Å². The zero-order chi connectivity index (χ0) is 90.4. The van der Waals surface area contributed by atoms with Crippen molar-refractivity contribution in [2.45, 2.75) is 266 Å². The van der Waals surface area contributed by atoms with E-state index in [4.69, 9.17) is 56.8 Å². The molecule has 10 aromatic rings. The Morgan fingerprint density at radius 3 is 1.18 bits per heavy atom. The number of hydrogen-bond donors (Lipinski definition) is 0. The van der Waals surface area contributed by atoms with Gasteiger partial charge >= 0.3 is 23.9 Å². The Kier molecular flexibility index (Phi) is 23.6. The first-order valence-electron chi connectivity index (χ1n) is 46.6. The number of benzene rings is 10. The Balaban J connectivity index is 0.687. The number of ether oxygens (including phenoxy) is 12.